The molecule has 2 aliphatic heterocycles. The topological polar surface area (TPSA) is 81.8 Å². The average molecular weight is 399 g/mol. The van der Waals surface area contributed by atoms with Crippen LogP contribution < -0.4 is 10.6 Å². The molecule has 0 bridgehead atoms. The number of rotatable bonds is 5. The van der Waals surface area contributed by atoms with E-state index in [9.17, 15) is 14.4 Å². The van der Waals surface area contributed by atoms with E-state index in [4.69, 9.17) is 0 Å². The molecule has 29 heavy (non-hydrogen) atoms. The maximum Gasteiger partial charge on any atom is 0.325 e. The van der Waals surface area contributed by atoms with Crippen LogP contribution in [0.2, 0.25) is 0 Å². The largest absolute Gasteiger partial charge is 0.333 e. The minimum absolute atomic E-state index is 0.0101. The van der Waals surface area contributed by atoms with Gasteiger partial charge in [-0.25, -0.2) is 4.79 Å². The van der Waals surface area contributed by atoms with Crippen LogP contribution >= 0.6 is 0 Å². The summed E-state index contributed by atoms with van der Waals surface area (Å²) in [5, 5.41) is 6.25. The molecule has 1 aromatic carbocycles. The normalized spacial score (nSPS) is 23.7. The molecule has 2 saturated heterocycles. The summed E-state index contributed by atoms with van der Waals surface area (Å²) in [6.45, 7) is 4.36. The molecule has 156 valence electrons. The highest BCUT2D eigenvalue weighted by Crippen LogP contribution is 2.35. The molecule has 4 amide bonds. The zero-order valence-electron chi connectivity index (χ0n) is 17.1. The van der Waals surface area contributed by atoms with Crippen molar-refractivity contribution in [3.8, 4) is 0 Å². The number of imide groups is 1. The van der Waals surface area contributed by atoms with E-state index in [-0.39, 0.29) is 36.9 Å². The Hall–Kier alpha value is -2.41. The van der Waals surface area contributed by atoms with Gasteiger partial charge in [0.1, 0.15) is 5.54 Å². The number of hydrogen-bond acceptors (Lipinski definition) is 4. The number of hydrogen-bond donors (Lipinski definition) is 2. The summed E-state index contributed by atoms with van der Waals surface area (Å²) in [5.74, 6) is -0.163. The van der Waals surface area contributed by atoms with Gasteiger partial charge in [-0.3, -0.25) is 14.5 Å². The number of nitrogens with one attached hydrogen (secondary N) is 2. The minimum atomic E-state index is -0.710. The third-order valence-corrected chi connectivity index (χ3v) is 6.59. The molecule has 7 heteroatoms. The fourth-order valence-corrected chi connectivity index (χ4v) is 4.82. The van der Waals surface area contributed by atoms with Gasteiger partial charge in [-0.05, 0) is 30.4 Å². The van der Waals surface area contributed by atoms with Gasteiger partial charge >= 0.3 is 6.03 Å². The lowest BCUT2D eigenvalue weighted by Crippen LogP contribution is -2.49. The van der Waals surface area contributed by atoms with Crippen LogP contribution in [0.25, 0.3) is 0 Å². The molecule has 2 N–H and O–H groups in total. The first-order valence-electron chi connectivity index (χ1n) is 10.8. The standard InChI is InChI=1S/C22H30N4O3/c1-2-16-5-7-17(8-6-16)18-15-23-12-14-25(18)19(27)9-13-26-20(28)22(24-21(26)29)10-3-4-11-22/h5-8,18,23H,2-4,9-15H2,1H3,(H,24,29). The lowest BCUT2D eigenvalue weighted by atomic mass is 9.98. The Balaban J connectivity index is 1.41. The highest BCUT2D eigenvalue weighted by molar-refractivity contribution is 6.07. The Bertz CT molecular complexity index is 786. The molecule has 3 aliphatic rings. The second-order valence-electron chi connectivity index (χ2n) is 8.33. The molecule has 1 atom stereocenters. The number of nitrogens with zero attached hydrogens (tertiary/aromatic N) is 2. The van der Waals surface area contributed by atoms with E-state index in [1.54, 1.807) is 0 Å². The van der Waals surface area contributed by atoms with Crippen molar-refractivity contribution >= 4 is 17.8 Å². The van der Waals surface area contributed by atoms with Gasteiger partial charge in [-0.1, -0.05) is 44.0 Å². The van der Waals surface area contributed by atoms with Crippen molar-refractivity contribution in [2.45, 2.75) is 57.0 Å². The second-order valence-corrected chi connectivity index (χ2v) is 8.33. The predicted octanol–water partition coefficient (Wildman–Crippen LogP) is 1.98. The summed E-state index contributed by atoms with van der Waals surface area (Å²) < 4.78 is 0. The van der Waals surface area contributed by atoms with E-state index in [0.29, 0.717) is 25.9 Å². The van der Waals surface area contributed by atoms with Crippen molar-refractivity contribution in [2.24, 2.45) is 0 Å². The number of carbonyl (C=O) groups excluding carboxylic acids is 3. The van der Waals surface area contributed by atoms with Gasteiger partial charge in [0, 0.05) is 32.6 Å². The molecule has 1 aliphatic carbocycles. The molecule has 0 radical (unpaired) electrons. The predicted molar refractivity (Wildman–Crippen MR) is 109 cm³/mol. The van der Waals surface area contributed by atoms with Crippen molar-refractivity contribution in [1.82, 2.24) is 20.4 Å². The summed E-state index contributed by atoms with van der Waals surface area (Å²) >= 11 is 0. The van der Waals surface area contributed by atoms with Gasteiger partial charge in [0.2, 0.25) is 5.91 Å². The zero-order valence-corrected chi connectivity index (χ0v) is 17.1. The Labute approximate surface area is 171 Å². The Morgan fingerprint density at radius 3 is 2.59 bits per heavy atom. The first kappa shape index (κ1) is 19.9. The Morgan fingerprint density at radius 2 is 1.90 bits per heavy atom. The first-order chi connectivity index (χ1) is 14.0. The van der Waals surface area contributed by atoms with Crippen molar-refractivity contribution in [3.05, 3.63) is 35.4 Å². The van der Waals surface area contributed by atoms with Gasteiger partial charge < -0.3 is 15.5 Å². The van der Waals surface area contributed by atoms with E-state index in [1.165, 1.54) is 10.5 Å². The molecule has 1 spiro atoms. The lowest BCUT2D eigenvalue weighted by Gasteiger charge is -2.37. The summed E-state index contributed by atoms with van der Waals surface area (Å²) in [6, 6.07) is 8.04. The fraction of sp³-hybridized carbons (Fsp3) is 0.591. The van der Waals surface area contributed by atoms with Crippen LogP contribution in [0.3, 0.4) is 0 Å². The van der Waals surface area contributed by atoms with Gasteiger partial charge in [0.15, 0.2) is 0 Å². The monoisotopic (exact) mass is 398 g/mol. The zero-order chi connectivity index (χ0) is 20.4. The molecule has 2 heterocycles. The molecular formula is C22H30N4O3. The van der Waals surface area contributed by atoms with Crippen LogP contribution in [0.4, 0.5) is 4.79 Å². The summed E-state index contributed by atoms with van der Waals surface area (Å²) in [4.78, 5) is 41.3. The molecule has 1 saturated carbocycles. The van der Waals surface area contributed by atoms with Gasteiger partial charge in [0.05, 0.1) is 6.04 Å². The van der Waals surface area contributed by atoms with Crippen LogP contribution in [-0.2, 0) is 16.0 Å². The maximum absolute atomic E-state index is 13.0. The Kier molecular flexibility index (Phi) is 5.58. The maximum atomic E-state index is 13.0. The SMILES string of the molecule is CCc1ccc(C2CNCCN2C(=O)CCN2C(=O)NC3(CCCC3)C2=O)cc1. The van der Waals surface area contributed by atoms with Gasteiger partial charge in [0.25, 0.3) is 5.91 Å². The van der Waals surface area contributed by atoms with Crippen molar-refractivity contribution in [3.63, 3.8) is 0 Å². The smallest absolute Gasteiger partial charge is 0.325 e. The van der Waals surface area contributed by atoms with Crippen LogP contribution in [0, 0.1) is 0 Å². The van der Waals surface area contributed by atoms with Crippen LogP contribution in [-0.4, -0.2) is 59.4 Å². The van der Waals surface area contributed by atoms with E-state index in [0.717, 1.165) is 31.4 Å². The molecule has 7 nitrogen and oxygen atoms in total. The highest BCUT2D eigenvalue weighted by Gasteiger charge is 2.52. The lowest BCUT2D eigenvalue weighted by molar-refractivity contribution is -0.136. The molecule has 1 unspecified atom stereocenters. The number of urea groups is 1. The van der Waals surface area contributed by atoms with Crippen LogP contribution in [0.5, 0.6) is 0 Å². The number of piperazine rings is 1. The van der Waals surface area contributed by atoms with Gasteiger partial charge in [-0.2, -0.15) is 0 Å². The van der Waals surface area contributed by atoms with E-state index >= 15 is 0 Å². The van der Waals surface area contributed by atoms with Crippen LogP contribution in [0.15, 0.2) is 24.3 Å². The highest BCUT2D eigenvalue weighted by atomic mass is 16.2. The van der Waals surface area contributed by atoms with E-state index < -0.39 is 5.54 Å². The van der Waals surface area contributed by atoms with Crippen LogP contribution in [0.1, 0.15) is 56.2 Å². The summed E-state index contributed by atoms with van der Waals surface area (Å²) in [7, 11) is 0. The Morgan fingerprint density at radius 1 is 1.17 bits per heavy atom. The minimum Gasteiger partial charge on any atom is -0.333 e. The second kappa shape index (κ2) is 8.14. The molecular weight excluding hydrogens is 368 g/mol. The van der Waals surface area contributed by atoms with Crippen molar-refractivity contribution < 1.29 is 14.4 Å². The number of aryl methyl sites for hydroxylation is 1. The average Bonchev–Trinajstić information content (AvgIpc) is 3.31. The van der Waals surface area contributed by atoms with E-state index in [2.05, 4.69) is 41.8 Å². The summed E-state index contributed by atoms with van der Waals surface area (Å²) in [5.41, 5.74) is 1.68. The number of amides is 4. The van der Waals surface area contributed by atoms with E-state index in [1.807, 2.05) is 4.90 Å². The third kappa shape index (κ3) is 3.75. The molecule has 1 aromatic rings. The summed E-state index contributed by atoms with van der Waals surface area (Å²) in [6.07, 6.45) is 4.47. The number of benzene rings is 1. The molecule has 3 fully saturated rings. The first-order valence-corrected chi connectivity index (χ1v) is 10.8. The quantitative estimate of drug-likeness (QED) is 0.743. The fourth-order valence-electron chi connectivity index (χ4n) is 4.82. The molecule has 4 rings (SSSR count). The van der Waals surface area contributed by atoms with Crippen molar-refractivity contribution in [2.75, 3.05) is 26.2 Å². The third-order valence-electron chi connectivity index (χ3n) is 6.59. The number of carbonyl (C=O) groups is 3. The molecule has 0 aromatic heterocycles. The van der Waals surface area contributed by atoms with Gasteiger partial charge in [-0.15, -0.1) is 0 Å². The van der Waals surface area contributed by atoms with Crippen molar-refractivity contribution in [1.29, 1.82) is 0 Å².